The van der Waals surface area contributed by atoms with Crippen LogP contribution in [0.1, 0.15) is 18.9 Å². The lowest BCUT2D eigenvalue weighted by atomic mass is 10.2. The van der Waals surface area contributed by atoms with Gasteiger partial charge in [-0.2, -0.15) is 0 Å². The highest BCUT2D eigenvalue weighted by atomic mass is 79.9. The van der Waals surface area contributed by atoms with Gasteiger partial charge in [0.05, 0.1) is 6.42 Å². The lowest BCUT2D eigenvalue weighted by molar-refractivity contribution is -0.137. The number of hydrogen-bond acceptors (Lipinski definition) is 2. The van der Waals surface area contributed by atoms with Crippen LogP contribution in [0.3, 0.4) is 0 Å². The van der Waals surface area contributed by atoms with Crippen molar-refractivity contribution < 1.29 is 14.7 Å². The van der Waals surface area contributed by atoms with Crippen molar-refractivity contribution in [2.75, 3.05) is 0 Å². The number of carboxylic acid groups (broad SMARTS) is 1. The smallest absolute Gasteiger partial charge is 0.305 e. The van der Waals surface area contributed by atoms with Crippen LogP contribution >= 0.6 is 15.9 Å². The lowest BCUT2D eigenvalue weighted by Crippen LogP contribution is -2.32. The molecule has 1 amide bonds. The largest absolute Gasteiger partial charge is 0.481 e. The van der Waals surface area contributed by atoms with Gasteiger partial charge in [0.15, 0.2) is 0 Å². The topological polar surface area (TPSA) is 66.4 Å². The van der Waals surface area contributed by atoms with E-state index in [9.17, 15) is 9.59 Å². The van der Waals surface area contributed by atoms with Crippen LogP contribution in [-0.4, -0.2) is 23.0 Å². The molecule has 5 heteroatoms. The lowest BCUT2D eigenvalue weighted by Gasteiger charge is -2.08. The molecule has 1 atom stereocenters. The quantitative estimate of drug-likeness (QED) is 0.821. The van der Waals surface area contributed by atoms with Crippen molar-refractivity contribution in [1.82, 2.24) is 5.32 Å². The van der Waals surface area contributed by atoms with Crippen molar-refractivity contribution in [3.63, 3.8) is 0 Å². The molecule has 0 aliphatic rings. The zero-order valence-corrected chi connectivity index (χ0v) is 11.5. The number of nitrogens with one attached hydrogen (secondary N) is 1. The second-order valence-corrected chi connectivity index (χ2v) is 4.72. The molecule has 0 fully saturated rings. The predicted molar refractivity (Wildman–Crippen MR) is 73.0 cm³/mol. The number of benzene rings is 1. The Morgan fingerprint density at radius 1 is 1.44 bits per heavy atom. The van der Waals surface area contributed by atoms with Crippen molar-refractivity contribution in [3.05, 3.63) is 40.4 Å². The summed E-state index contributed by atoms with van der Waals surface area (Å²) in [6.45, 7) is 1.65. The Bertz CT molecular complexity index is 471. The highest BCUT2D eigenvalue weighted by Crippen LogP contribution is 2.16. The Morgan fingerprint density at radius 2 is 2.11 bits per heavy atom. The van der Waals surface area contributed by atoms with E-state index < -0.39 is 5.97 Å². The van der Waals surface area contributed by atoms with Gasteiger partial charge >= 0.3 is 5.97 Å². The molecule has 18 heavy (non-hydrogen) atoms. The fourth-order valence-electron chi connectivity index (χ4n) is 1.38. The first-order chi connectivity index (χ1) is 8.49. The third-order valence-electron chi connectivity index (χ3n) is 2.19. The summed E-state index contributed by atoms with van der Waals surface area (Å²) in [4.78, 5) is 22.0. The summed E-state index contributed by atoms with van der Waals surface area (Å²) in [5.74, 6) is -1.24. The second-order valence-electron chi connectivity index (χ2n) is 3.86. The molecular formula is C13H14BrNO3. The van der Waals surface area contributed by atoms with Crippen LogP contribution in [0.25, 0.3) is 6.08 Å². The Labute approximate surface area is 114 Å². The molecule has 0 saturated heterocycles. The number of carbonyl (C=O) groups is 2. The molecule has 0 aromatic heterocycles. The third-order valence-corrected chi connectivity index (χ3v) is 2.91. The standard InChI is InChI=1S/C13H14BrNO3/c1-9(8-13(17)18)15-12(16)7-6-10-4-2-3-5-11(10)14/h2-7,9H,8H2,1H3,(H,15,16)(H,17,18)/b7-6+. The Kier molecular flexibility index (Phi) is 5.58. The number of amides is 1. The maximum Gasteiger partial charge on any atom is 0.305 e. The summed E-state index contributed by atoms with van der Waals surface area (Å²) in [7, 11) is 0. The molecule has 1 aromatic carbocycles. The fraction of sp³-hybridized carbons (Fsp3) is 0.231. The van der Waals surface area contributed by atoms with Gasteiger partial charge in [-0.15, -0.1) is 0 Å². The van der Waals surface area contributed by atoms with Crippen molar-refractivity contribution in [2.45, 2.75) is 19.4 Å². The van der Waals surface area contributed by atoms with Crippen molar-refractivity contribution in [1.29, 1.82) is 0 Å². The minimum atomic E-state index is -0.933. The van der Waals surface area contributed by atoms with E-state index in [1.165, 1.54) is 6.08 Å². The molecule has 2 N–H and O–H groups in total. The maximum absolute atomic E-state index is 11.5. The molecule has 0 aliphatic carbocycles. The Morgan fingerprint density at radius 3 is 2.72 bits per heavy atom. The molecule has 96 valence electrons. The van der Waals surface area contributed by atoms with Gasteiger partial charge in [-0.3, -0.25) is 9.59 Å². The normalized spacial score (nSPS) is 12.3. The molecule has 1 rings (SSSR count). The van der Waals surface area contributed by atoms with E-state index in [0.29, 0.717) is 0 Å². The molecule has 1 aromatic rings. The van der Waals surface area contributed by atoms with E-state index in [4.69, 9.17) is 5.11 Å². The summed E-state index contributed by atoms with van der Waals surface area (Å²) >= 11 is 3.37. The fourth-order valence-corrected chi connectivity index (χ4v) is 1.80. The van der Waals surface area contributed by atoms with E-state index in [-0.39, 0.29) is 18.4 Å². The van der Waals surface area contributed by atoms with Crippen LogP contribution in [0.4, 0.5) is 0 Å². The van der Waals surface area contributed by atoms with Gasteiger partial charge in [-0.25, -0.2) is 0 Å². The zero-order chi connectivity index (χ0) is 13.5. The molecule has 4 nitrogen and oxygen atoms in total. The molecule has 1 unspecified atom stereocenters. The van der Waals surface area contributed by atoms with Gasteiger partial charge in [0.1, 0.15) is 0 Å². The number of rotatable bonds is 5. The number of halogens is 1. The first kappa shape index (κ1) is 14.4. The van der Waals surface area contributed by atoms with Gasteiger partial charge < -0.3 is 10.4 Å². The van der Waals surface area contributed by atoms with E-state index in [0.717, 1.165) is 10.0 Å². The van der Waals surface area contributed by atoms with Crippen LogP contribution in [0.2, 0.25) is 0 Å². The predicted octanol–water partition coefficient (Wildman–Crippen LogP) is 2.44. The average molecular weight is 312 g/mol. The SMILES string of the molecule is CC(CC(=O)O)NC(=O)/C=C/c1ccccc1Br. The highest BCUT2D eigenvalue weighted by Gasteiger charge is 2.08. The van der Waals surface area contributed by atoms with Gasteiger partial charge in [-0.05, 0) is 24.6 Å². The van der Waals surface area contributed by atoms with Crippen molar-refractivity contribution in [3.8, 4) is 0 Å². The third kappa shape index (κ3) is 5.14. The monoisotopic (exact) mass is 311 g/mol. The zero-order valence-electron chi connectivity index (χ0n) is 9.89. The van der Waals surface area contributed by atoms with Gasteiger partial charge in [0.25, 0.3) is 0 Å². The molecule has 0 aliphatic heterocycles. The summed E-state index contributed by atoms with van der Waals surface area (Å²) in [6.07, 6.45) is 2.97. The second kappa shape index (κ2) is 6.96. The maximum atomic E-state index is 11.5. The molecule has 0 heterocycles. The number of hydrogen-bond donors (Lipinski definition) is 2. The first-order valence-electron chi connectivity index (χ1n) is 5.44. The van der Waals surface area contributed by atoms with Crippen LogP contribution in [0.15, 0.2) is 34.8 Å². The Hall–Kier alpha value is -1.62. The van der Waals surface area contributed by atoms with E-state index in [2.05, 4.69) is 21.2 Å². The van der Waals surface area contributed by atoms with Crippen LogP contribution in [-0.2, 0) is 9.59 Å². The van der Waals surface area contributed by atoms with E-state index in [1.54, 1.807) is 13.0 Å². The van der Waals surface area contributed by atoms with Crippen LogP contribution in [0, 0.1) is 0 Å². The van der Waals surface area contributed by atoms with Crippen molar-refractivity contribution in [2.24, 2.45) is 0 Å². The van der Waals surface area contributed by atoms with Crippen LogP contribution in [0.5, 0.6) is 0 Å². The minimum absolute atomic E-state index is 0.0887. The molecule has 0 saturated carbocycles. The van der Waals surface area contributed by atoms with E-state index >= 15 is 0 Å². The van der Waals surface area contributed by atoms with Gasteiger partial charge in [0, 0.05) is 16.6 Å². The number of carbonyl (C=O) groups excluding carboxylic acids is 1. The van der Waals surface area contributed by atoms with Gasteiger partial charge in [0.2, 0.25) is 5.91 Å². The summed E-state index contributed by atoms with van der Waals surface area (Å²) < 4.78 is 0.896. The van der Waals surface area contributed by atoms with Crippen molar-refractivity contribution >= 4 is 33.9 Å². The Balaban J connectivity index is 2.55. The number of carboxylic acids is 1. The first-order valence-corrected chi connectivity index (χ1v) is 6.23. The van der Waals surface area contributed by atoms with Crippen LogP contribution < -0.4 is 5.32 Å². The van der Waals surface area contributed by atoms with E-state index in [1.807, 2.05) is 24.3 Å². The average Bonchev–Trinajstić information content (AvgIpc) is 2.26. The molecule has 0 radical (unpaired) electrons. The van der Waals surface area contributed by atoms with Gasteiger partial charge in [-0.1, -0.05) is 34.1 Å². The number of aliphatic carboxylic acids is 1. The molecular weight excluding hydrogens is 298 g/mol. The highest BCUT2D eigenvalue weighted by molar-refractivity contribution is 9.10. The minimum Gasteiger partial charge on any atom is -0.481 e. The summed E-state index contributed by atoms with van der Waals surface area (Å²) in [5, 5.41) is 11.1. The molecule has 0 bridgehead atoms. The molecule has 0 spiro atoms. The summed E-state index contributed by atoms with van der Waals surface area (Å²) in [5.41, 5.74) is 0.888. The summed E-state index contributed by atoms with van der Waals surface area (Å²) in [6, 6.07) is 7.12.